The number of aryl methyl sites for hydroxylation is 1. The van der Waals surface area contributed by atoms with Crippen LogP contribution in [0.15, 0.2) is 54.6 Å². The lowest BCUT2D eigenvalue weighted by atomic mass is 10.1. The quantitative estimate of drug-likeness (QED) is 0.449. The molecule has 0 fully saturated rings. The zero-order valence-electron chi connectivity index (χ0n) is 15.7. The van der Waals surface area contributed by atoms with Gasteiger partial charge in [-0.2, -0.15) is 5.26 Å². The van der Waals surface area contributed by atoms with Crippen LogP contribution >= 0.6 is 0 Å². The Bertz CT molecular complexity index is 924. The van der Waals surface area contributed by atoms with E-state index in [0.717, 1.165) is 11.1 Å². The first kappa shape index (κ1) is 19.8. The Morgan fingerprint density at radius 1 is 1.26 bits per heavy atom. The molecule has 0 heterocycles. The normalized spacial score (nSPS) is 10.7. The van der Waals surface area contributed by atoms with Crippen LogP contribution in [-0.4, -0.2) is 19.6 Å². The number of rotatable bonds is 7. The predicted octanol–water partition coefficient (Wildman–Crippen LogP) is 4.42. The Hall–Kier alpha value is -3.52. The fraction of sp³-hybridized carbons (Fsp3) is 0.182. The van der Waals surface area contributed by atoms with Crippen molar-refractivity contribution in [3.63, 3.8) is 0 Å². The topological polar surface area (TPSA) is 71.3 Å². The molecule has 0 aliphatic heterocycles. The molecular weight excluding hydrogens is 340 g/mol. The maximum atomic E-state index is 12.5. The predicted molar refractivity (Wildman–Crippen MR) is 107 cm³/mol. The molecule has 0 radical (unpaired) electrons. The van der Waals surface area contributed by atoms with Gasteiger partial charge in [-0.05, 0) is 54.8 Å². The molecule has 0 atom stereocenters. The van der Waals surface area contributed by atoms with E-state index in [9.17, 15) is 10.1 Å². The number of carbonyl (C=O) groups excluding carboxylic acids is 1. The monoisotopic (exact) mass is 362 g/mol. The molecule has 5 heteroatoms. The molecule has 1 amide bonds. The summed E-state index contributed by atoms with van der Waals surface area (Å²) in [5.41, 5.74) is 3.37. The van der Waals surface area contributed by atoms with E-state index in [1.54, 1.807) is 24.3 Å². The summed E-state index contributed by atoms with van der Waals surface area (Å²) in [4.78, 5) is 12.5. The first-order valence-electron chi connectivity index (χ1n) is 8.41. The molecule has 0 saturated carbocycles. The molecule has 2 aromatic carbocycles. The highest BCUT2D eigenvalue weighted by molar-refractivity contribution is 6.10. The minimum atomic E-state index is -0.461. The number of nitrogens with one attached hydrogen (secondary N) is 1. The maximum absolute atomic E-state index is 12.5. The SMILES string of the molecule is C=CCOc1ccc(C=C(C#N)C(=O)Nc2cccc(C)c2C)cc1OC. The van der Waals surface area contributed by atoms with Crippen molar-refractivity contribution in [1.29, 1.82) is 5.26 Å². The Kier molecular flexibility index (Phi) is 6.79. The van der Waals surface area contributed by atoms with Gasteiger partial charge < -0.3 is 14.8 Å². The smallest absolute Gasteiger partial charge is 0.266 e. The highest BCUT2D eigenvalue weighted by Gasteiger charge is 2.12. The number of benzene rings is 2. The molecule has 0 bridgehead atoms. The molecular formula is C22H22N2O3. The Morgan fingerprint density at radius 3 is 2.70 bits per heavy atom. The van der Waals surface area contributed by atoms with Crippen molar-refractivity contribution >= 4 is 17.7 Å². The minimum absolute atomic E-state index is 0.00211. The van der Waals surface area contributed by atoms with Crippen molar-refractivity contribution in [2.24, 2.45) is 0 Å². The number of anilines is 1. The first-order chi connectivity index (χ1) is 13.0. The number of hydrogen-bond acceptors (Lipinski definition) is 4. The maximum Gasteiger partial charge on any atom is 0.266 e. The van der Waals surface area contributed by atoms with E-state index in [4.69, 9.17) is 9.47 Å². The van der Waals surface area contributed by atoms with E-state index in [2.05, 4.69) is 11.9 Å². The van der Waals surface area contributed by atoms with E-state index < -0.39 is 5.91 Å². The molecule has 0 spiro atoms. The Labute approximate surface area is 159 Å². The van der Waals surface area contributed by atoms with Crippen molar-refractivity contribution in [3.05, 3.63) is 71.3 Å². The standard InChI is InChI=1S/C22H22N2O3/c1-5-11-27-20-10-9-17(13-21(20)26-4)12-18(14-23)22(25)24-19-8-6-7-15(2)16(19)3/h5-10,12-13H,1,11H2,2-4H3,(H,24,25). The van der Waals surface area contributed by atoms with Gasteiger partial charge in [0.15, 0.2) is 11.5 Å². The molecule has 0 aliphatic carbocycles. The molecule has 2 aromatic rings. The van der Waals surface area contributed by atoms with E-state index >= 15 is 0 Å². The fourth-order valence-corrected chi connectivity index (χ4v) is 2.43. The van der Waals surface area contributed by atoms with Gasteiger partial charge in [0.2, 0.25) is 0 Å². The van der Waals surface area contributed by atoms with Crippen LogP contribution in [0.4, 0.5) is 5.69 Å². The molecule has 1 N–H and O–H groups in total. The van der Waals surface area contributed by atoms with Gasteiger partial charge in [-0.15, -0.1) is 0 Å². The first-order valence-corrected chi connectivity index (χ1v) is 8.41. The van der Waals surface area contributed by atoms with Crippen LogP contribution in [-0.2, 0) is 4.79 Å². The van der Waals surface area contributed by atoms with Crippen molar-refractivity contribution in [2.45, 2.75) is 13.8 Å². The van der Waals surface area contributed by atoms with Crippen LogP contribution in [0.1, 0.15) is 16.7 Å². The van der Waals surface area contributed by atoms with E-state index in [1.165, 1.54) is 13.2 Å². The van der Waals surface area contributed by atoms with Crippen LogP contribution in [0, 0.1) is 25.2 Å². The lowest BCUT2D eigenvalue weighted by molar-refractivity contribution is -0.112. The molecule has 0 unspecified atom stereocenters. The summed E-state index contributed by atoms with van der Waals surface area (Å²) in [6, 6.07) is 12.8. The molecule has 5 nitrogen and oxygen atoms in total. The van der Waals surface area contributed by atoms with Gasteiger partial charge in [-0.25, -0.2) is 0 Å². The largest absolute Gasteiger partial charge is 0.493 e. The number of ether oxygens (including phenoxy) is 2. The minimum Gasteiger partial charge on any atom is -0.493 e. The summed E-state index contributed by atoms with van der Waals surface area (Å²) in [6.45, 7) is 7.85. The van der Waals surface area contributed by atoms with E-state index in [0.29, 0.717) is 29.4 Å². The highest BCUT2D eigenvalue weighted by atomic mass is 16.5. The lowest BCUT2D eigenvalue weighted by Gasteiger charge is -2.11. The van der Waals surface area contributed by atoms with Crippen LogP contribution in [0.5, 0.6) is 11.5 Å². The second-order valence-corrected chi connectivity index (χ2v) is 5.88. The molecule has 0 aromatic heterocycles. The van der Waals surface area contributed by atoms with Crippen LogP contribution < -0.4 is 14.8 Å². The van der Waals surface area contributed by atoms with Gasteiger partial charge in [0, 0.05) is 5.69 Å². The second-order valence-electron chi connectivity index (χ2n) is 5.88. The zero-order chi connectivity index (χ0) is 19.8. The second kappa shape index (κ2) is 9.25. The summed E-state index contributed by atoms with van der Waals surface area (Å²) in [7, 11) is 1.53. The third-order valence-electron chi connectivity index (χ3n) is 4.07. The third-order valence-corrected chi connectivity index (χ3v) is 4.07. The van der Waals surface area contributed by atoms with Crippen molar-refractivity contribution in [2.75, 3.05) is 19.0 Å². The average Bonchev–Trinajstić information content (AvgIpc) is 2.68. The Morgan fingerprint density at radius 2 is 2.04 bits per heavy atom. The third kappa shape index (κ3) is 4.99. The number of nitrogens with zero attached hydrogens (tertiary/aromatic N) is 1. The van der Waals surface area contributed by atoms with Crippen molar-refractivity contribution in [3.8, 4) is 17.6 Å². The van der Waals surface area contributed by atoms with Gasteiger partial charge >= 0.3 is 0 Å². The molecule has 27 heavy (non-hydrogen) atoms. The van der Waals surface area contributed by atoms with E-state index in [-0.39, 0.29) is 5.57 Å². The number of methoxy groups -OCH3 is 1. The molecule has 0 aliphatic rings. The highest BCUT2D eigenvalue weighted by Crippen LogP contribution is 2.29. The summed E-state index contributed by atoms with van der Waals surface area (Å²) < 4.78 is 10.8. The summed E-state index contributed by atoms with van der Waals surface area (Å²) in [5, 5.41) is 12.2. The van der Waals surface area contributed by atoms with Gasteiger partial charge in [0.1, 0.15) is 18.2 Å². The van der Waals surface area contributed by atoms with Gasteiger partial charge in [-0.1, -0.05) is 30.9 Å². The summed E-state index contributed by atoms with van der Waals surface area (Å²) in [5.74, 6) is 0.614. The van der Waals surface area contributed by atoms with Crippen LogP contribution in [0.2, 0.25) is 0 Å². The van der Waals surface area contributed by atoms with E-state index in [1.807, 2.05) is 38.1 Å². The zero-order valence-corrected chi connectivity index (χ0v) is 15.7. The number of hydrogen-bond donors (Lipinski definition) is 1. The number of amides is 1. The van der Waals surface area contributed by atoms with Crippen LogP contribution in [0.25, 0.3) is 6.08 Å². The number of carbonyl (C=O) groups is 1. The van der Waals surface area contributed by atoms with Crippen molar-refractivity contribution in [1.82, 2.24) is 0 Å². The molecule has 2 rings (SSSR count). The molecule has 0 saturated heterocycles. The van der Waals surface area contributed by atoms with Gasteiger partial charge in [-0.3, -0.25) is 4.79 Å². The molecule has 138 valence electrons. The van der Waals surface area contributed by atoms with Crippen molar-refractivity contribution < 1.29 is 14.3 Å². The van der Waals surface area contributed by atoms with Gasteiger partial charge in [0.25, 0.3) is 5.91 Å². The average molecular weight is 362 g/mol. The van der Waals surface area contributed by atoms with Crippen LogP contribution in [0.3, 0.4) is 0 Å². The van der Waals surface area contributed by atoms with Gasteiger partial charge in [0.05, 0.1) is 7.11 Å². The lowest BCUT2D eigenvalue weighted by Crippen LogP contribution is -2.14. The summed E-state index contributed by atoms with van der Waals surface area (Å²) in [6.07, 6.45) is 3.15. The number of nitriles is 1. The summed E-state index contributed by atoms with van der Waals surface area (Å²) >= 11 is 0. The fourth-order valence-electron chi connectivity index (χ4n) is 2.43. The Balaban J connectivity index is 2.27.